The third kappa shape index (κ3) is 3.08. The zero-order valence-corrected chi connectivity index (χ0v) is 12.8. The second kappa shape index (κ2) is 5.49. The number of nitrogens with one attached hydrogen (secondary N) is 1. The molecular formula is C18H22N2O. The van der Waals surface area contributed by atoms with Crippen molar-refractivity contribution in [1.82, 2.24) is 10.3 Å². The number of rotatable bonds is 3. The molecule has 2 heterocycles. The fourth-order valence-corrected chi connectivity index (χ4v) is 2.97. The third-order valence-electron chi connectivity index (χ3n) is 3.96. The Bertz CT molecular complexity index is 610. The predicted octanol–water partition coefficient (Wildman–Crippen LogP) is 4.03. The Morgan fingerprint density at radius 1 is 1.19 bits per heavy atom. The van der Waals surface area contributed by atoms with Gasteiger partial charge in [-0.2, -0.15) is 0 Å². The first kappa shape index (κ1) is 14.1. The lowest BCUT2D eigenvalue weighted by atomic mass is 9.89. The van der Waals surface area contributed by atoms with Crippen molar-refractivity contribution in [2.24, 2.45) is 0 Å². The van der Waals surface area contributed by atoms with Gasteiger partial charge in [-0.15, -0.1) is 0 Å². The topological polar surface area (TPSA) is 34.1 Å². The number of aromatic nitrogens is 1. The van der Waals surface area contributed by atoms with Gasteiger partial charge in [-0.05, 0) is 39.0 Å². The Balaban J connectivity index is 1.85. The highest BCUT2D eigenvalue weighted by atomic mass is 16.5. The fourth-order valence-electron chi connectivity index (χ4n) is 2.97. The molecule has 0 saturated heterocycles. The quantitative estimate of drug-likeness (QED) is 0.922. The van der Waals surface area contributed by atoms with Gasteiger partial charge in [0, 0.05) is 30.3 Å². The number of pyridine rings is 1. The molecule has 2 aromatic rings. The van der Waals surface area contributed by atoms with Crippen molar-refractivity contribution in [3.8, 4) is 5.75 Å². The molecule has 0 spiro atoms. The van der Waals surface area contributed by atoms with Crippen LogP contribution >= 0.6 is 0 Å². The minimum atomic E-state index is -0.157. The second-order valence-corrected chi connectivity index (χ2v) is 6.30. The Morgan fingerprint density at radius 3 is 2.71 bits per heavy atom. The molecule has 0 amide bonds. The zero-order chi connectivity index (χ0) is 14.9. The van der Waals surface area contributed by atoms with E-state index in [1.165, 1.54) is 5.56 Å². The number of para-hydroxylation sites is 1. The van der Waals surface area contributed by atoms with Crippen LogP contribution in [0.5, 0.6) is 5.75 Å². The predicted molar refractivity (Wildman–Crippen MR) is 84.3 cm³/mol. The summed E-state index contributed by atoms with van der Waals surface area (Å²) in [6.45, 7) is 6.44. The summed E-state index contributed by atoms with van der Waals surface area (Å²) >= 11 is 0. The van der Waals surface area contributed by atoms with Gasteiger partial charge in [0.05, 0.1) is 5.69 Å². The van der Waals surface area contributed by atoms with Crippen LogP contribution < -0.4 is 10.1 Å². The maximum Gasteiger partial charge on any atom is 0.124 e. The maximum absolute atomic E-state index is 6.08. The number of hydrogen-bond donors (Lipinski definition) is 1. The van der Waals surface area contributed by atoms with Crippen molar-refractivity contribution in [2.45, 2.75) is 44.9 Å². The maximum atomic E-state index is 6.08. The van der Waals surface area contributed by atoms with Crippen LogP contribution in [0.15, 0.2) is 48.7 Å². The van der Waals surface area contributed by atoms with Crippen LogP contribution in [0.2, 0.25) is 0 Å². The van der Waals surface area contributed by atoms with E-state index in [2.05, 4.69) is 55.3 Å². The van der Waals surface area contributed by atoms with Gasteiger partial charge in [0.2, 0.25) is 0 Å². The summed E-state index contributed by atoms with van der Waals surface area (Å²) in [5, 5.41) is 3.70. The Hall–Kier alpha value is -1.87. The molecule has 1 aliphatic heterocycles. The highest BCUT2D eigenvalue weighted by molar-refractivity contribution is 5.38. The van der Waals surface area contributed by atoms with E-state index in [1.807, 2.05) is 24.4 Å². The van der Waals surface area contributed by atoms with Gasteiger partial charge in [-0.3, -0.25) is 4.98 Å². The Morgan fingerprint density at radius 2 is 1.95 bits per heavy atom. The molecule has 2 atom stereocenters. The molecule has 0 saturated carbocycles. The second-order valence-electron chi connectivity index (χ2n) is 6.30. The SMILES string of the molecule is C[C@H](NC1CC(C)(C)Oc2ccccc21)c1ccccn1. The first-order valence-electron chi connectivity index (χ1n) is 7.50. The fraction of sp³-hybridized carbons (Fsp3) is 0.389. The van der Waals surface area contributed by atoms with E-state index < -0.39 is 0 Å². The minimum Gasteiger partial charge on any atom is -0.487 e. The van der Waals surface area contributed by atoms with E-state index in [1.54, 1.807) is 0 Å². The third-order valence-corrected chi connectivity index (χ3v) is 3.96. The molecule has 3 nitrogen and oxygen atoms in total. The average molecular weight is 282 g/mol. The molecule has 1 N–H and O–H groups in total. The van der Waals surface area contributed by atoms with Crippen LogP contribution in [-0.2, 0) is 0 Å². The molecule has 21 heavy (non-hydrogen) atoms. The highest BCUT2D eigenvalue weighted by Crippen LogP contribution is 2.40. The molecule has 1 aliphatic rings. The molecular weight excluding hydrogens is 260 g/mol. The van der Waals surface area contributed by atoms with Crippen LogP contribution in [0.3, 0.4) is 0 Å². The van der Waals surface area contributed by atoms with Gasteiger partial charge >= 0.3 is 0 Å². The molecule has 110 valence electrons. The van der Waals surface area contributed by atoms with Crippen molar-refractivity contribution in [3.63, 3.8) is 0 Å². The summed E-state index contributed by atoms with van der Waals surface area (Å²) < 4.78 is 6.08. The molecule has 0 fully saturated rings. The lowest BCUT2D eigenvalue weighted by Crippen LogP contribution is -2.40. The van der Waals surface area contributed by atoms with Crippen LogP contribution in [0.1, 0.15) is 50.5 Å². The largest absolute Gasteiger partial charge is 0.487 e. The summed E-state index contributed by atoms with van der Waals surface area (Å²) in [6, 6.07) is 14.8. The van der Waals surface area contributed by atoms with Crippen LogP contribution in [0.25, 0.3) is 0 Å². The Labute approximate surface area is 126 Å². The minimum absolute atomic E-state index is 0.157. The zero-order valence-electron chi connectivity index (χ0n) is 12.8. The van der Waals surface area contributed by atoms with Crippen molar-refractivity contribution < 1.29 is 4.74 Å². The van der Waals surface area contributed by atoms with Gasteiger partial charge in [0.1, 0.15) is 11.4 Å². The first-order chi connectivity index (χ1) is 10.1. The number of ether oxygens (including phenoxy) is 1. The monoisotopic (exact) mass is 282 g/mol. The van der Waals surface area contributed by atoms with Crippen LogP contribution in [0, 0.1) is 0 Å². The summed E-state index contributed by atoms with van der Waals surface area (Å²) in [5.41, 5.74) is 2.15. The molecule has 1 unspecified atom stereocenters. The number of benzene rings is 1. The standard InChI is InChI=1S/C18H22N2O/c1-13(15-9-6-7-11-19-15)20-16-12-18(2,3)21-17-10-5-4-8-14(16)17/h4-11,13,16,20H,12H2,1-3H3/t13-,16?/m0/s1. The van der Waals surface area contributed by atoms with E-state index in [4.69, 9.17) is 4.74 Å². The molecule has 1 aromatic heterocycles. The van der Waals surface area contributed by atoms with Gasteiger partial charge in [0.15, 0.2) is 0 Å². The van der Waals surface area contributed by atoms with E-state index in [0.29, 0.717) is 0 Å². The normalized spacial score (nSPS) is 21.2. The van der Waals surface area contributed by atoms with Crippen molar-refractivity contribution in [2.75, 3.05) is 0 Å². The van der Waals surface area contributed by atoms with Crippen molar-refractivity contribution in [3.05, 3.63) is 59.9 Å². The van der Waals surface area contributed by atoms with Crippen molar-refractivity contribution in [1.29, 1.82) is 0 Å². The number of hydrogen-bond acceptors (Lipinski definition) is 3. The summed E-state index contributed by atoms with van der Waals surface area (Å²) in [7, 11) is 0. The van der Waals surface area contributed by atoms with Gasteiger partial charge < -0.3 is 10.1 Å². The molecule has 3 rings (SSSR count). The average Bonchev–Trinajstić information content (AvgIpc) is 2.47. The molecule has 3 heteroatoms. The van der Waals surface area contributed by atoms with Crippen LogP contribution in [0.4, 0.5) is 0 Å². The lowest BCUT2D eigenvalue weighted by Gasteiger charge is -2.39. The van der Waals surface area contributed by atoms with Crippen LogP contribution in [-0.4, -0.2) is 10.6 Å². The number of nitrogens with zero attached hydrogens (tertiary/aromatic N) is 1. The highest BCUT2D eigenvalue weighted by Gasteiger charge is 2.34. The van der Waals surface area contributed by atoms with Crippen molar-refractivity contribution >= 4 is 0 Å². The molecule has 1 aromatic carbocycles. The van der Waals surface area contributed by atoms with Gasteiger partial charge in [-0.25, -0.2) is 0 Å². The Kier molecular flexibility index (Phi) is 3.68. The number of fused-ring (bicyclic) bond motifs is 1. The first-order valence-corrected chi connectivity index (χ1v) is 7.50. The summed E-state index contributed by atoms with van der Waals surface area (Å²) in [5.74, 6) is 0.986. The molecule has 0 aliphatic carbocycles. The summed E-state index contributed by atoms with van der Waals surface area (Å²) in [4.78, 5) is 4.44. The smallest absolute Gasteiger partial charge is 0.124 e. The van der Waals surface area contributed by atoms with E-state index in [9.17, 15) is 0 Å². The molecule has 0 bridgehead atoms. The lowest BCUT2D eigenvalue weighted by molar-refractivity contribution is 0.0639. The van der Waals surface area contributed by atoms with Gasteiger partial charge in [-0.1, -0.05) is 24.3 Å². The van der Waals surface area contributed by atoms with E-state index in [-0.39, 0.29) is 17.7 Å². The van der Waals surface area contributed by atoms with E-state index in [0.717, 1.165) is 17.9 Å². The summed E-state index contributed by atoms with van der Waals surface area (Å²) in [6.07, 6.45) is 2.79. The molecule has 0 radical (unpaired) electrons. The van der Waals surface area contributed by atoms with Gasteiger partial charge in [0.25, 0.3) is 0 Å². The van der Waals surface area contributed by atoms with E-state index >= 15 is 0 Å².